The van der Waals surface area contributed by atoms with Gasteiger partial charge in [-0.05, 0) is 43.0 Å². The first-order chi connectivity index (χ1) is 16.3. The Balaban J connectivity index is 1.37. The van der Waals surface area contributed by atoms with E-state index < -0.39 is 42.1 Å². The van der Waals surface area contributed by atoms with Gasteiger partial charge in [0.05, 0.1) is 17.2 Å². The van der Waals surface area contributed by atoms with Crippen LogP contribution in [0.1, 0.15) is 41.7 Å². The molecule has 0 bridgehead atoms. The zero-order chi connectivity index (χ0) is 25.8. The van der Waals surface area contributed by atoms with E-state index in [1.165, 1.54) is 18.2 Å². The van der Waals surface area contributed by atoms with Gasteiger partial charge in [0.15, 0.2) is 0 Å². The molecule has 1 aliphatic rings. The molecule has 1 aromatic carbocycles. The molecule has 1 heterocycles. The lowest BCUT2D eigenvalue weighted by atomic mass is 9.80. The molecule has 0 radical (unpaired) electrons. The molecule has 2 aromatic rings. The highest BCUT2D eigenvalue weighted by Gasteiger charge is 2.39. The molecule has 3 rings (SSSR count). The molecule has 12 heteroatoms. The predicted molar refractivity (Wildman–Crippen MR) is 114 cm³/mol. The van der Waals surface area contributed by atoms with Gasteiger partial charge in [-0.2, -0.15) is 26.3 Å². The molecule has 190 valence electrons. The fraction of sp³-hybridized carbons (Fsp3) is 0.435. The number of benzene rings is 1. The van der Waals surface area contributed by atoms with Gasteiger partial charge in [0.2, 0.25) is 5.91 Å². The fourth-order valence-electron chi connectivity index (χ4n) is 3.62. The monoisotopic (exact) mass is 503 g/mol. The smallest absolute Gasteiger partial charge is 0.368 e. The maximum atomic E-state index is 12.8. The number of hydrogen-bond donors (Lipinski definition) is 2. The lowest BCUT2D eigenvalue weighted by Crippen LogP contribution is -2.38. The minimum atomic E-state index is -4.49. The summed E-state index contributed by atoms with van der Waals surface area (Å²) < 4.78 is 80.6. The van der Waals surface area contributed by atoms with Gasteiger partial charge >= 0.3 is 12.4 Å². The van der Waals surface area contributed by atoms with E-state index in [9.17, 15) is 35.9 Å². The fourth-order valence-corrected chi connectivity index (χ4v) is 3.62. The van der Waals surface area contributed by atoms with Gasteiger partial charge in [0, 0.05) is 30.5 Å². The van der Waals surface area contributed by atoms with E-state index in [4.69, 9.17) is 4.74 Å². The van der Waals surface area contributed by atoms with Crippen LogP contribution in [0.5, 0.6) is 0 Å². The van der Waals surface area contributed by atoms with Crippen molar-refractivity contribution >= 4 is 22.7 Å². The molecule has 0 unspecified atom stereocenters. The van der Waals surface area contributed by atoms with Crippen molar-refractivity contribution in [3.8, 4) is 0 Å². The van der Waals surface area contributed by atoms with Crippen LogP contribution in [0.2, 0.25) is 0 Å². The first-order valence-electron chi connectivity index (χ1n) is 10.7. The lowest BCUT2D eigenvalue weighted by molar-refractivity contribution is -0.163. The Kier molecular flexibility index (Phi) is 8.04. The number of rotatable bonds is 9. The van der Waals surface area contributed by atoms with Crippen molar-refractivity contribution < 1.29 is 40.7 Å². The zero-order valence-electron chi connectivity index (χ0n) is 18.4. The maximum absolute atomic E-state index is 12.8. The summed E-state index contributed by atoms with van der Waals surface area (Å²) in [5.74, 6) is -1.52. The molecular weight excluding hydrogens is 480 g/mol. The Labute approximate surface area is 196 Å². The number of nitrogens with one attached hydrogen (secondary N) is 2. The number of pyridine rings is 1. The molecule has 1 aliphatic carbocycles. The number of carbonyl (C=O) groups is 2. The quantitative estimate of drug-likeness (QED) is 0.484. The van der Waals surface area contributed by atoms with Gasteiger partial charge in [-0.25, -0.2) is 4.98 Å². The Bertz CT molecular complexity index is 1090. The Hall–Kier alpha value is -3.15. The van der Waals surface area contributed by atoms with Crippen LogP contribution in [0, 0.1) is 5.92 Å². The number of ether oxygens (including phenoxy) is 1. The highest BCUT2D eigenvalue weighted by Crippen LogP contribution is 2.38. The number of halogens is 6. The predicted octanol–water partition coefficient (Wildman–Crippen LogP) is 4.75. The molecule has 0 saturated heterocycles. The van der Waals surface area contributed by atoms with E-state index in [0.717, 1.165) is 12.1 Å². The van der Waals surface area contributed by atoms with E-state index in [1.54, 1.807) is 0 Å². The third kappa shape index (κ3) is 7.94. The first-order valence-corrected chi connectivity index (χ1v) is 10.7. The molecule has 2 N–H and O–H groups in total. The van der Waals surface area contributed by atoms with Crippen LogP contribution in [0.25, 0.3) is 10.9 Å². The molecule has 1 saturated carbocycles. The Morgan fingerprint density at radius 1 is 1.09 bits per heavy atom. The first kappa shape index (κ1) is 26.5. The van der Waals surface area contributed by atoms with E-state index in [2.05, 4.69) is 22.2 Å². The molecule has 6 nitrogen and oxygen atoms in total. The number of amides is 2. The van der Waals surface area contributed by atoms with Crippen molar-refractivity contribution in [2.24, 2.45) is 5.92 Å². The van der Waals surface area contributed by atoms with E-state index in [0.29, 0.717) is 0 Å². The number of nitrogens with zero attached hydrogens (tertiary/aromatic N) is 1. The second-order valence-electron chi connectivity index (χ2n) is 8.35. The van der Waals surface area contributed by atoms with E-state index in [-0.39, 0.29) is 60.8 Å². The van der Waals surface area contributed by atoms with Crippen LogP contribution in [0.3, 0.4) is 0 Å². The van der Waals surface area contributed by atoms with Gasteiger partial charge in [0.25, 0.3) is 5.91 Å². The van der Waals surface area contributed by atoms with Gasteiger partial charge in [-0.15, -0.1) is 0 Å². The summed E-state index contributed by atoms with van der Waals surface area (Å²) in [6.07, 6.45) is -9.17. The standard InChI is InChI=1S/C23H23F6N3O3/c1-13(6-7-30-20(33)12-35-17-8-14(9-17)11-22(24,25)26)31-21(34)19-4-2-15-10-16(23(27,28)29)3-5-18(15)32-19/h2-5,10,14,17H,1,6-9,11-12H2,(H,30,33)(H,31,34)/t14-,17-. The molecule has 1 aromatic heterocycles. The van der Waals surface area contributed by atoms with Crippen molar-refractivity contribution in [2.45, 2.75) is 44.1 Å². The molecular formula is C23H23F6N3O3. The Morgan fingerprint density at radius 3 is 2.46 bits per heavy atom. The molecule has 2 amide bonds. The molecule has 0 atom stereocenters. The lowest BCUT2D eigenvalue weighted by Gasteiger charge is -2.35. The largest absolute Gasteiger partial charge is 0.416 e. The zero-order valence-corrected chi connectivity index (χ0v) is 18.4. The van der Waals surface area contributed by atoms with Crippen LogP contribution in [-0.4, -0.2) is 42.2 Å². The SMILES string of the molecule is C=C(CCNC(=O)CO[C@H]1C[C@H](CC(F)(F)F)C1)NC(=O)c1ccc2cc(C(F)(F)F)ccc2n1. The van der Waals surface area contributed by atoms with Gasteiger partial charge in [-0.3, -0.25) is 9.59 Å². The average molecular weight is 503 g/mol. The summed E-state index contributed by atoms with van der Waals surface area (Å²) in [6.45, 7) is 3.55. The minimum absolute atomic E-state index is 0.0137. The number of hydrogen-bond acceptors (Lipinski definition) is 4. The summed E-state index contributed by atoms with van der Waals surface area (Å²) in [5.41, 5.74) is -0.331. The summed E-state index contributed by atoms with van der Waals surface area (Å²) in [4.78, 5) is 28.2. The highest BCUT2D eigenvalue weighted by atomic mass is 19.4. The summed E-state index contributed by atoms with van der Waals surface area (Å²) in [6, 6.07) is 5.67. The van der Waals surface area contributed by atoms with Crippen molar-refractivity contribution in [1.29, 1.82) is 0 Å². The minimum Gasteiger partial charge on any atom is -0.368 e. The van der Waals surface area contributed by atoms with Gasteiger partial charge in [-0.1, -0.05) is 12.6 Å². The van der Waals surface area contributed by atoms with Crippen molar-refractivity contribution in [1.82, 2.24) is 15.6 Å². The third-order valence-corrected chi connectivity index (χ3v) is 5.45. The van der Waals surface area contributed by atoms with Crippen LogP contribution < -0.4 is 10.6 Å². The van der Waals surface area contributed by atoms with E-state index in [1.807, 2.05) is 0 Å². The van der Waals surface area contributed by atoms with Crippen molar-refractivity contribution in [3.63, 3.8) is 0 Å². The number of aromatic nitrogens is 1. The maximum Gasteiger partial charge on any atom is 0.416 e. The average Bonchev–Trinajstić information content (AvgIpc) is 2.73. The Morgan fingerprint density at radius 2 is 1.80 bits per heavy atom. The second-order valence-corrected chi connectivity index (χ2v) is 8.35. The molecule has 0 aliphatic heterocycles. The molecule has 1 fully saturated rings. The molecule has 35 heavy (non-hydrogen) atoms. The summed E-state index contributed by atoms with van der Waals surface area (Å²) >= 11 is 0. The van der Waals surface area contributed by atoms with Crippen molar-refractivity contribution in [2.75, 3.05) is 13.2 Å². The second kappa shape index (κ2) is 10.6. The van der Waals surface area contributed by atoms with Crippen LogP contribution in [-0.2, 0) is 15.7 Å². The summed E-state index contributed by atoms with van der Waals surface area (Å²) in [5, 5.41) is 5.30. The highest BCUT2D eigenvalue weighted by molar-refractivity contribution is 5.95. The molecule has 0 spiro atoms. The number of alkyl halides is 6. The van der Waals surface area contributed by atoms with Crippen LogP contribution in [0.4, 0.5) is 26.3 Å². The van der Waals surface area contributed by atoms with Crippen molar-refractivity contribution in [3.05, 3.63) is 53.9 Å². The third-order valence-electron chi connectivity index (χ3n) is 5.45. The van der Waals surface area contributed by atoms with E-state index >= 15 is 0 Å². The topological polar surface area (TPSA) is 80.3 Å². The van der Waals surface area contributed by atoms with Crippen LogP contribution >= 0.6 is 0 Å². The number of carbonyl (C=O) groups excluding carboxylic acids is 2. The normalized spacial score (nSPS) is 18.1. The van der Waals surface area contributed by atoms with Crippen LogP contribution in [0.15, 0.2) is 42.6 Å². The number of fused-ring (bicyclic) bond motifs is 1. The van der Waals surface area contributed by atoms with Gasteiger partial charge in [0.1, 0.15) is 12.3 Å². The van der Waals surface area contributed by atoms with Gasteiger partial charge < -0.3 is 15.4 Å². The summed E-state index contributed by atoms with van der Waals surface area (Å²) in [7, 11) is 0.